The van der Waals surface area contributed by atoms with Gasteiger partial charge in [-0.15, -0.1) is 11.3 Å². The summed E-state index contributed by atoms with van der Waals surface area (Å²) in [6, 6.07) is 6.85. The van der Waals surface area contributed by atoms with Gasteiger partial charge in [0.1, 0.15) is 5.82 Å². The highest BCUT2D eigenvalue weighted by Gasteiger charge is 2.13. The zero-order chi connectivity index (χ0) is 13.7. The van der Waals surface area contributed by atoms with Crippen molar-refractivity contribution in [1.29, 1.82) is 0 Å². The van der Waals surface area contributed by atoms with Crippen LogP contribution in [-0.4, -0.2) is 15.2 Å². The molecule has 2 heterocycles. The van der Waals surface area contributed by atoms with Gasteiger partial charge in [-0.05, 0) is 18.2 Å². The van der Waals surface area contributed by atoms with Crippen LogP contribution >= 0.6 is 11.3 Å². The van der Waals surface area contributed by atoms with Crippen LogP contribution in [0.2, 0.25) is 0 Å². The SMILES string of the molecule is Nc1cc2cn[nH]c2cc1-c1cc2scnc2cc1F. The maximum absolute atomic E-state index is 14.3. The van der Waals surface area contributed by atoms with E-state index in [0.29, 0.717) is 22.3 Å². The van der Waals surface area contributed by atoms with E-state index in [0.717, 1.165) is 15.6 Å². The zero-order valence-electron chi connectivity index (χ0n) is 10.2. The molecule has 98 valence electrons. The molecular formula is C14H9FN4S. The van der Waals surface area contributed by atoms with Crippen molar-refractivity contribution in [3.63, 3.8) is 0 Å². The first-order chi connectivity index (χ1) is 9.72. The third kappa shape index (κ3) is 1.58. The summed E-state index contributed by atoms with van der Waals surface area (Å²) < 4.78 is 15.2. The van der Waals surface area contributed by atoms with E-state index in [9.17, 15) is 4.39 Å². The van der Waals surface area contributed by atoms with E-state index in [2.05, 4.69) is 15.2 Å². The molecule has 2 aromatic heterocycles. The molecule has 0 saturated heterocycles. The third-order valence-electron chi connectivity index (χ3n) is 3.32. The zero-order valence-corrected chi connectivity index (χ0v) is 11.0. The van der Waals surface area contributed by atoms with Crippen LogP contribution in [0.4, 0.5) is 10.1 Å². The Hall–Kier alpha value is -2.47. The van der Waals surface area contributed by atoms with E-state index in [4.69, 9.17) is 5.73 Å². The first kappa shape index (κ1) is 11.4. The molecule has 0 aliphatic heterocycles. The standard InChI is InChI=1S/C14H9FN4S/c15-10-4-13-14(20-6-17-13)3-8(10)9-2-12-7(1-11(9)16)5-18-19-12/h1-6H,16H2,(H,18,19). The summed E-state index contributed by atoms with van der Waals surface area (Å²) in [5.41, 5.74) is 10.9. The van der Waals surface area contributed by atoms with Crippen molar-refractivity contribution in [3.05, 3.63) is 41.8 Å². The van der Waals surface area contributed by atoms with Gasteiger partial charge in [-0.2, -0.15) is 5.10 Å². The number of benzene rings is 2. The summed E-state index contributed by atoms with van der Waals surface area (Å²) in [6.45, 7) is 0. The number of H-pyrrole nitrogens is 1. The Kier molecular flexibility index (Phi) is 2.28. The summed E-state index contributed by atoms with van der Waals surface area (Å²) in [7, 11) is 0. The minimum Gasteiger partial charge on any atom is -0.398 e. The first-order valence-corrected chi connectivity index (χ1v) is 6.86. The molecule has 6 heteroatoms. The lowest BCUT2D eigenvalue weighted by atomic mass is 10.0. The molecule has 0 bridgehead atoms. The highest BCUT2D eigenvalue weighted by molar-refractivity contribution is 7.16. The summed E-state index contributed by atoms with van der Waals surface area (Å²) in [5.74, 6) is -0.325. The molecule has 0 amide bonds. The van der Waals surface area contributed by atoms with E-state index in [1.54, 1.807) is 23.8 Å². The number of aromatic nitrogens is 3. The lowest BCUT2D eigenvalue weighted by Gasteiger charge is -2.07. The number of anilines is 1. The Balaban J connectivity index is 2.03. The molecule has 0 aliphatic carbocycles. The number of thiazole rings is 1. The number of fused-ring (bicyclic) bond motifs is 2. The van der Waals surface area contributed by atoms with Gasteiger partial charge < -0.3 is 5.73 Å². The average Bonchev–Trinajstić information content (AvgIpc) is 3.04. The molecule has 0 radical (unpaired) electrons. The summed E-state index contributed by atoms with van der Waals surface area (Å²) >= 11 is 1.48. The summed E-state index contributed by atoms with van der Waals surface area (Å²) in [5, 5.41) is 7.74. The van der Waals surface area contributed by atoms with Gasteiger partial charge in [0, 0.05) is 28.3 Å². The Labute approximate surface area is 117 Å². The van der Waals surface area contributed by atoms with Gasteiger partial charge in [0.25, 0.3) is 0 Å². The monoisotopic (exact) mass is 284 g/mol. The number of hydrogen-bond donors (Lipinski definition) is 2. The predicted octanol–water partition coefficient (Wildman–Crippen LogP) is 3.56. The lowest BCUT2D eigenvalue weighted by molar-refractivity contribution is 0.633. The number of nitrogens with one attached hydrogen (secondary N) is 1. The normalized spacial score (nSPS) is 11.4. The summed E-state index contributed by atoms with van der Waals surface area (Å²) in [4.78, 5) is 4.11. The van der Waals surface area contributed by atoms with Crippen LogP contribution in [0.5, 0.6) is 0 Å². The molecule has 4 rings (SSSR count). The molecule has 0 atom stereocenters. The van der Waals surface area contributed by atoms with Crippen LogP contribution in [-0.2, 0) is 0 Å². The fraction of sp³-hybridized carbons (Fsp3) is 0. The molecule has 3 N–H and O–H groups in total. The second-order valence-corrected chi connectivity index (χ2v) is 5.44. The Bertz CT molecular complexity index is 863. The van der Waals surface area contributed by atoms with Gasteiger partial charge in [-0.1, -0.05) is 0 Å². The van der Waals surface area contributed by atoms with Crippen LogP contribution in [0.15, 0.2) is 36.0 Å². The van der Waals surface area contributed by atoms with Crippen LogP contribution in [0, 0.1) is 5.82 Å². The predicted molar refractivity (Wildman–Crippen MR) is 79.1 cm³/mol. The minimum atomic E-state index is -0.325. The van der Waals surface area contributed by atoms with Crippen LogP contribution in [0.1, 0.15) is 0 Å². The van der Waals surface area contributed by atoms with Crippen molar-refractivity contribution in [2.75, 3.05) is 5.73 Å². The second kappa shape index (κ2) is 4.01. The molecule has 0 unspecified atom stereocenters. The highest BCUT2D eigenvalue weighted by Crippen LogP contribution is 2.34. The average molecular weight is 284 g/mol. The number of aromatic amines is 1. The van der Waals surface area contributed by atoms with Crippen molar-refractivity contribution in [1.82, 2.24) is 15.2 Å². The van der Waals surface area contributed by atoms with Gasteiger partial charge in [0.15, 0.2) is 0 Å². The number of halogens is 1. The molecule has 0 spiro atoms. The van der Waals surface area contributed by atoms with Gasteiger partial charge in [-0.3, -0.25) is 5.10 Å². The largest absolute Gasteiger partial charge is 0.398 e. The van der Waals surface area contributed by atoms with E-state index in [1.807, 2.05) is 6.07 Å². The van der Waals surface area contributed by atoms with Gasteiger partial charge >= 0.3 is 0 Å². The molecule has 20 heavy (non-hydrogen) atoms. The number of nitrogens with zero attached hydrogens (tertiary/aromatic N) is 2. The molecule has 2 aromatic carbocycles. The Morgan fingerprint density at radius 3 is 2.95 bits per heavy atom. The van der Waals surface area contributed by atoms with Crippen molar-refractivity contribution < 1.29 is 4.39 Å². The Morgan fingerprint density at radius 1 is 1.15 bits per heavy atom. The fourth-order valence-corrected chi connectivity index (χ4v) is 3.02. The number of nitrogens with two attached hydrogens (primary N) is 1. The molecule has 0 fully saturated rings. The molecule has 0 saturated carbocycles. The van der Waals surface area contributed by atoms with Gasteiger partial charge in [0.2, 0.25) is 0 Å². The van der Waals surface area contributed by atoms with E-state index in [1.165, 1.54) is 17.4 Å². The topological polar surface area (TPSA) is 67.6 Å². The highest BCUT2D eigenvalue weighted by atomic mass is 32.1. The maximum atomic E-state index is 14.3. The minimum absolute atomic E-state index is 0.325. The molecule has 4 nitrogen and oxygen atoms in total. The maximum Gasteiger partial charge on any atom is 0.133 e. The molecule has 0 aliphatic rings. The van der Waals surface area contributed by atoms with Crippen LogP contribution in [0.3, 0.4) is 0 Å². The number of nitrogen functional groups attached to an aromatic ring is 1. The van der Waals surface area contributed by atoms with Gasteiger partial charge in [0.05, 0.1) is 27.4 Å². The Morgan fingerprint density at radius 2 is 2.05 bits per heavy atom. The van der Waals surface area contributed by atoms with Crippen molar-refractivity contribution in [2.24, 2.45) is 0 Å². The second-order valence-electron chi connectivity index (χ2n) is 4.55. The van der Waals surface area contributed by atoms with Crippen LogP contribution < -0.4 is 5.73 Å². The van der Waals surface area contributed by atoms with E-state index < -0.39 is 0 Å². The first-order valence-electron chi connectivity index (χ1n) is 5.98. The van der Waals surface area contributed by atoms with Crippen molar-refractivity contribution in [3.8, 4) is 11.1 Å². The van der Waals surface area contributed by atoms with Crippen molar-refractivity contribution >= 4 is 38.1 Å². The summed E-state index contributed by atoms with van der Waals surface area (Å²) in [6.07, 6.45) is 1.69. The third-order valence-corrected chi connectivity index (χ3v) is 4.11. The van der Waals surface area contributed by atoms with Crippen molar-refractivity contribution in [2.45, 2.75) is 0 Å². The number of rotatable bonds is 1. The quantitative estimate of drug-likeness (QED) is 0.525. The molecule has 4 aromatic rings. The number of hydrogen-bond acceptors (Lipinski definition) is 4. The van der Waals surface area contributed by atoms with E-state index in [-0.39, 0.29) is 5.82 Å². The molecular weight excluding hydrogens is 275 g/mol. The van der Waals surface area contributed by atoms with Crippen LogP contribution in [0.25, 0.3) is 32.2 Å². The lowest BCUT2D eigenvalue weighted by Crippen LogP contribution is -1.92. The fourth-order valence-electron chi connectivity index (χ4n) is 2.33. The van der Waals surface area contributed by atoms with Gasteiger partial charge in [-0.25, -0.2) is 9.37 Å². The van der Waals surface area contributed by atoms with E-state index >= 15 is 0 Å². The smallest absolute Gasteiger partial charge is 0.133 e.